The average Bonchev–Trinajstić information content (AvgIpc) is 2.92. The van der Waals surface area contributed by atoms with Crippen LogP contribution in [0.25, 0.3) is 65.8 Å². The molecule has 0 N–H and O–H groups in total. The van der Waals surface area contributed by atoms with Crippen LogP contribution in [0.5, 0.6) is 0 Å². The molecule has 0 fully saturated rings. The predicted molar refractivity (Wildman–Crippen MR) is 142 cm³/mol. The zero-order chi connectivity index (χ0) is 22.5. The summed E-state index contributed by atoms with van der Waals surface area (Å²) in [6.45, 7) is 0. The lowest BCUT2D eigenvalue weighted by molar-refractivity contribution is 1.33. The van der Waals surface area contributed by atoms with E-state index in [1.54, 1.807) is 0 Å². The van der Waals surface area contributed by atoms with Crippen LogP contribution in [-0.4, -0.2) is 9.97 Å². The molecule has 2 heteroatoms. The van der Waals surface area contributed by atoms with Gasteiger partial charge < -0.3 is 0 Å². The molecule has 0 unspecified atom stereocenters. The second-order valence-corrected chi connectivity index (χ2v) is 8.68. The Morgan fingerprint density at radius 1 is 0.441 bits per heavy atom. The summed E-state index contributed by atoms with van der Waals surface area (Å²) in [6.07, 6.45) is 5.61. The molecule has 0 saturated heterocycles. The van der Waals surface area contributed by atoms with Gasteiger partial charge in [-0.1, -0.05) is 84.9 Å². The van der Waals surface area contributed by atoms with Crippen molar-refractivity contribution in [3.8, 4) is 33.5 Å². The molecule has 7 aromatic rings. The molecular weight excluding hydrogens is 412 g/mol. The molecule has 158 valence electrons. The van der Waals surface area contributed by atoms with Crippen molar-refractivity contribution in [2.45, 2.75) is 0 Å². The Kier molecular flexibility index (Phi) is 4.18. The maximum atomic E-state index is 4.49. The number of pyridine rings is 2. The van der Waals surface area contributed by atoms with Gasteiger partial charge in [0.05, 0.1) is 5.69 Å². The topological polar surface area (TPSA) is 25.8 Å². The molecule has 0 aliphatic carbocycles. The fraction of sp³-hybridized carbons (Fsp3) is 0. The van der Waals surface area contributed by atoms with Crippen molar-refractivity contribution in [1.29, 1.82) is 0 Å². The smallest absolute Gasteiger partial charge is 0.0701 e. The molecule has 0 aliphatic rings. The summed E-state index contributed by atoms with van der Waals surface area (Å²) in [5.74, 6) is 0. The van der Waals surface area contributed by atoms with E-state index in [4.69, 9.17) is 0 Å². The first-order valence-electron chi connectivity index (χ1n) is 11.5. The van der Waals surface area contributed by atoms with Crippen LogP contribution in [0.4, 0.5) is 0 Å². The first-order chi connectivity index (χ1) is 16.9. The molecule has 0 spiro atoms. The van der Waals surface area contributed by atoms with Gasteiger partial charge in [-0.15, -0.1) is 0 Å². The van der Waals surface area contributed by atoms with Crippen LogP contribution in [0.2, 0.25) is 0 Å². The van der Waals surface area contributed by atoms with Crippen LogP contribution in [0.3, 0.4) is 0 Å². The normalized spacial score (nSPS) is 11.5. The highest BCUT2D eigenvalue weighted by Crippen LogP contribution is 2.42. The van der Waals surface area contributed by atoms with E-state index in [0.29, 0.717) is 0 Å². The zero-order valence-electron chi connectivity index (χ0n) is 18.4. The van der Waals surface area contributed by atoms with Crippen molar-refractivity contribution in [3.63, 3.8) is 0 Å². The Balaban J connectivity index is 1.46. The highest BCUT2D eigenvalue weighted by atomic mass is 14.7. The molecule has 2 nitrogen and oxygen atoms in total. The molecule has 0 bridgehead atoms. The fourth-order valence-corrected chi connectivity index (χ4v) is 5.18. The number of aromatic nitrogens is 2. The molecule has 7 rings (SSSR count). The van der Waals surface area contributed by atoms with Crippen LogP contribution in [-0.2, 0) is 0 Å². The second kappa shape index (κ2) is 7.50. The minimum absolute atomic E-state index is 0.993. The SMILES string of the molecule is c1ccc(-c2ccc(-c3ccc4ccc5ccc(-c6cccnc6)c6ccc3c4c56)cc2)nc1. The van der Waals surface area contributed by atoms with Crippen molar-refractivity contribution in [2.24, 2.45) is 0 Å². The minimum atomic E-state index is 0.993. The first-order valence-corrected chi connectivity index (χ1v) is 11.5. The van der Waals surface area contributed by atoms with Crippen LogP contribution >= 0.6 is 0 Å². The lowest BCUT2D eigenvalue weighted by atomic mass is 9.87. The molecule has 2 aromatic heterocycles. The van der Waals surface area contributed by atoms with Crippen LogP contribution < -0.4 is 0 Å². The third kappa shape index (κ3) is 2.89. The lowest BCUT2D eigenvalue weighted by Crippen LogP contribution is -1.90. The summed E-state index contributed by atoms with van der Waals surface area (Å²) in [6, 6.07) is 36.9. The number of hydrogen-bond donors (Lipinski definition) is 0. The summed E-state index contributed by atoms with van der Waals surface area (Å²) in [5, 5.41) is 7.74. The number of rotatable bonds is 3. The Morgan fingerprint density at radius 2 is 1.09 bits per heavy atom. The van der Waals surface area contributed by atoms with E-state index >= 15 is 0 Å². The Labute approximate surface area is 197 Å². The van der Waals surface area contributed by atoms with E-state index in [2.05, 4.69) is 88.8 Å². The Bertz CT molecular complexity index is 1770. The molecule has 0 saturated carbocycles. The predicted octanol–water partition coefficient (Wildman–Crippen LogP) is 8.38. The molecule has 0 atom stereocenters. The number of hydrogen-bond acceptors (Lipinski definition) is 2. The van der Waals surface area contributed by atoms with Gasteiger partial charge in [0, 0.05) is 29.7 Å². The quantitative estimate of drug-likeness (QED) is 0.262. The van der Waals surface area contributed by atoms with Gasteiger partial charge >= 0.3 is 0 Å². The molecular formula is C32H20N2. The first kappa shape index (κ1) is 19.0. The van der Waals surface area contributed by atoms with E-state index < -0.39 is 0 Å². The lowest BCUT2D eigenvalue weighted by Gasteiger charge is -2.16. The van der Waals surface area contributed by atoms with Gasteiger partial charge in [0.1, 0.15) is 0 Å². The highest BCUT2D eigenvalue weighted by molar-refractivity contribution is 6.27. The molecule has 0 radical (unpaired) electrons. The maximum absolute atomic E-state index is 4.49. The standard InChI is InChI=1S/C32H20N2/c1-2-19-34-30(5-1)22-8-6-21(7-9-22)26-14-12-23-10-11-24-13-15-27(25-4-3-18-33-20-25)29-17-16-28(26)31(23)32(24)29/h1-20H. The van der Waals surface area contributed by atoms with Crippen molar-refractivity contribution >= 4 is 32.3 Å². The van der Waals surface area contributed by atoms with Crippen LogP contribution in [0, 0.1) is 0 Å². The Hall–Kier alpha value is -4.56. The third-order valence-corrected chi connectivity index (χ3v) is 6.79. The van der Waals surface area contributed by atoms with E-state index in [0.717, 1.165) is 16.8 Å². The number of benzene rings is 5. The van der Waals surface area contributed by atoms with Gasteiger partial charge in [-0.05, 0) is 67.2 Å². The molecule has 0 aliphatic heterocycles. The molecule has 5 aromatic carbocycles. The largest absolute Gasteiger partial charge is 0.264 e. The van der Waals surface area contributed by atoms with Gasteiger partial charge in [0.2, 0.25) is 0 Å². The van der Waals surface area contributed by atoms with Crippen LogP contribution in [0.1, 0.15) is 0 Å². The summed E-state index contributed by atoms with van der Waals surface area (Å²) >= 11 is 0. The van der Waals surface area contributed by atoms with E-state index in [1.165, 1.54) is 49.0 Å². The summed E-state index contributed by atoms with van der Waals surface area (Å²) < 4.78 is 0. The van der Waals surface area contributed by atoms with Gasteiger partial charge in [0.25, 0.3) is 0 Å². The molecule has 0 amide bonds. The van der Waals surface area contributed by atoms with Crippen molar-refractivity contribution in [3.05, 3.63) is 122 Å². The van der Waals surface area contributed by atoms with Crippen molar-refractivity contribution in [2.75, 3.05) is 0 Å². The summed E-state index contributed by atoms with van der Waals surface area (Å²) in [4.78, 5) is 8.83. The second-order valence-electron chi connectivity index (χ2n) is 8.68. The van der Waals surface area contributed by atoms with Crippen molar-refractivity contribution in [1.82, 2.24) is 9.97 Å². The average molecular weight is 433 g/mol. The van der Waals surface area contributed by atoms with E-state index in [1.807, 2.05) is 42.9 Å². The van der Waals surface area contributed by atoms with Gasteiger partial charge in [0.15, 0.2) is 0 Å². The van der Waals surface area contributed by atoms with Gasteiger partial charge in [-0.2, -0.15) is 0 Å². The van der Waals surface area contributed by atoms with E-state index in [-0.39, 0.29) is 0 Å². The number of nitrogens with zero attached hydrogens (tertiary/aromatic N) is 2. The maximum Gasteiger partial charge on any atom is 0.0701 e. The van der Waals surface area contributed by atoms with Crippen molar-refractivity contribution < 1.29 is 0 Å². The molecule has 2 heterocycles. The summed E-state index contributed by atoms with van der Waals surface area (Å²) in [7, 11) is 0. The van der Waals surface area contributed by atoms with Gasteiger partial charge in [-0.25, -0.2) is 0 Å². The monoisotopic (exact) mass is 432 g/mol. The highest BCUT2D eigenvalue weighted by Gasteiger charge is 2.15. The van der Waals surface area contributed by atoms with E-state index in [9.17, 15) is 0 Å². The van der Waals surface area contributed by atoms with Gasteiger partial charge in [-0.3, -0.25) is 9.97 Å². The molecule has 34 heavy (non-hydrogen) atoms. The Morgan fingerprint density at radius 3 is 1.71 bits per heavy atom. The third-order valence-electron chi connectivity index (χ3n) is 6.79. The zero-order valence-corrected chi connectivity index (χ0v) is 18.4. The summed E-state index contributed by atoms with van der Waals surface area (Å²) in [5.41, 5.74) is 6.95. The fourth-order valence-electron chi connectivity index (χ4n) is 5.18. The minimum Gasteiger partial charge on any atom is -0.264 e. The van der Waals surface area contributed by atoms with Crippen LogP contribution in [0.15, 0.2) is 122 Å².